The largest absolute Gasteiger partial charge is 0.493 e. The number of unbranched alkanes of at least 4 members (excludes halogenated alkanes) is 2. The molecule has 0 saturated carbocycles. The topological polar surface area (TPSA) is 124 Å². The first-order valence-electron chi connectivity index (χ1n) is 16.1. The fourth-order valence-corrected chi connectivity index (χ4v) is 5.87. The van der Waals surface area contributed by atoms with Gasteiger partial charge in [0, 0.05) is 27.5 Å². The molecule has 12 heteroatoms. The molecular weight excluding hydrogens is 693 g/mol. The van der Waals surface area contributed by atoms with Gasteiger partial charge in [0.2, 0.25) is 10.2 Å². The summed E-state index contributed by atoms with van der Waals surface area (Å²) in [6, 6.07) is 15.9. The van der Waals surface area contributed by atoms with Gasteiger partial charge in [0.25, 0.3) is 0 Å². The van der Waals surface area contributed by atoms with Crippen LogP contribution in [0.15, 0.2) is 95.8 Å². The summed E-state index contributed by atoms with van der Waals surface area (Å²) in [6.45, 7) is 10.0. The van der Waals surface area contributed by atoms with Gasteiger partial charge in [-0.25, -0.2) is 9.59 Å². The number of ether oxygens (including phenoxy) is 6. The minimum Gasteiger partial charge on any atom is -0.493 e. The Morgan fingerprint density at radius 3 is 1.80 bits per heavy atom. The van der Waals surface area contributed by atoms with Crippen LogP contribution in [0, 0.1) is 6.92 Å². The number of thioether (sulfide) groups is 2. The first-order chi connectivity index (χ1) is 24.7. The number of carbonyl (C=O) groups excluding carboxylic acids is 4. The van der Waals surface area contributed by atoms with Gasteiger partial charge in [-0.3, -0.25) is 9.59 Å². The van der Waals surface area contributed by atoms with E-state index in [0.717, 1.165) is 56.6 Å². The van der Waals surface area contributed by atoms with Crippen LogP contribution < -0.4 is 18.9 Å². The molecule has 0 aliphatic rings. The van der Waals surface area contributed by atoms with E-state index in [-0.39, 0.29) is 16.8 Å². The van der Waals surface area contributed by atoms with E-state index in [9.17, 15) is 19.2 Å². The molecule has 0 fully saturated rings. The average molecular weight is 735 g/mol. The molecule has 0 spiro atoms. The van der Waals surface area contributed by atoms with Crippen LogP contribution in [0.2, 0.25) is 0 Å². The number of rotatable bonds is 21. The third-order valence-electron chi connectivity index (χ3n) is 6.98. The van der Waals surface area contributed by atoms with Crippen molar-refractivity contribution in [2.75, 3.05) is 40.6 Å². The number of carbonyl (C=O) groups is 4. The minimum absolute atomic E-state index is 0.156. The molecule has 0 aliphatic heterocycles. The normalized spacial score (nSPS) is 10.6. The van der Waals surface area contributed by atoms with Gasteiger partial charge in [-0.1, -0.05) is 25.3 Å². The molecule has 0 radical (unpaired) electrons. The summed E-state index contributed by atoms with van der Waals surface area (Å²) in [5.74, 6) is 1.16. The third kappa shape index (κ3) is 14.1. The van der Waals surface area contributed by atoms with E-state index in [1.54, 1.807) is 43.5 Å². The van der Waals surface area contributed by atoms with Crippen molar-refractivity contribution in [1.82, 2.24) is 0 Å². The number of aryl methyl sites for hydroxylation is 1. The third-order valence-corrected chi connectivity index (χ3v) is 8.91. The lowest BCUT2D eigenvalue weighted by Gasteiger charge is -2.12. The zero-order chi connectivity index (χ0) is 37.0. The van der Waals surface area contributed by atoms with Crippen molar-refractivity contribution in [3.8, 4) is 23.0 Å². The Labute approximate surface area is 307 Å². The number of esters is 2. The van der Waals surface area contributed by atoms with Crippen molar-refractivity contribution < 1.29 is 47.6 Å². The fraction of sp³-hybridized carbons (Fsp3) is 0.282. The van der Waals surface area contributed by atoms with Crippen molar-refractivity contribution in [1.29, 1.82) is 0 Å². The molecule has 0 bridgehead atoms. The Kier molecular flexibility index (Phi) is 17.5. The van der Waals surface area contributed by atoms with Crippen LogP contribution in [0.3, 0.4) is 0 Å². The highest BCUT2D eigenvalue weighted by Gasteiger charge is 2.15. The fourth-order valence-electron chi connectivity index (χ4n) is 4.33. The molecule has 10 nitrogen and oxygen atoms in total. The Morgan fingerprint density at radius 2 is 1.24 bits per heavy atom. The highest BCUT2D eigenvalue weighted by Crippen LogP contribution is 2.34. The molecule has 0 atom stereocenters. The molecule has 0 heterocycles. The summed E-state index contributed by atoms with van der Waals surface area (Å²) >= 11 is 2.18. The van der Waals surface area contributed by atoms with Crippen LogP contribution in [0.1, 0.15) is 47.2 Å². The van der Waals surface area contributed by atoms with Crippen molar-refractivity contribution in [3.63, 3.8) is 0 Å². The molecule has 0 saturated heterocycles. The standard InChI is InChI=1S/C39H42O10S2/c1-6-36(40)48-22-10-8-20-46-31-16-12-28(25-33(31)44-4)13-19-38(42)51-35-18-15-30(24-27(35)3)50-39(43)29-14-17-32(34(26-29)45-5)47-21-9-11-23-49-37(41)7-2/h6-7,12-19,24-26H,1-2,8-11,20-23H2,3-5H3. The van der Waals surface area contributed by atoms with Gasteiger partial charge in [-0.05, 0) is 122 Å². The predicted octanol–water partition coefficient (Wildman–Crippen LogP) is 8.05. The second kappa shape index (κ2) is 22.0. The monoisotopic (exact) mass is 734 g/mol. The van der Waals surface area contributed by atoms with Crippen LogP contribution >= 0.6 is 23.5 Å². The Bertz CT molecular complexity index is 1720. The van der Waals surface area contributed by atoms with E-state index in [1.807, 2.05) is 31.2 Å². The second-order valence-corrected chi connectivity index (χ2v) is 12.8. The molecule has 0 N–H and O–H groups in total. The minimum atomic E-state index is -0.454. The Morgan fingerprint density at radius 1 is 0.667 bits per heavy atom. The first kappa shape index (κ1) is 40.5. The van der Waals surface area contributed by atoms with E-state index in [1.165, 1.54) is 13.2 Å². The maximum atomic E-state index is 13.1. The van der Waals surface area contributed by atoms with Crippen LogP contribution in [-0.2, 0) is 23.9 Å². The number of methoxy groups -OCH3 is 2. The van der Waals surface area contributed by atoms with Gasteiger partial charge in [0.15, 0.2) is 23.0 Å². The van der Waals surface area contributed by atoms with Crippen molar-refractivity contribution in [2.24, 2.45) is 0 Å². The molecule has 0 aromatic heterocycles. The number of benzene rings is 3. The second-order valence-electron chi connectivity index (χ2n) is 10.7. The molecule has 0 unspecified atom stereocenters. The van der Waals surface area contributed by atoms with E-state index >= 15 is 0 Å². The summed E-state index contributed by atoms with van der Waals surface area (Å²) in [7, 11) is 3.06. The lowest BCUT2D eigenvalue weighted by molar-refractivity contribution is -0.138. The van der Waals surface area contributed by atoms with Gasteiger partial charge >= 0.3 is 11.9 Å². The van der Waals surface area contributed by atoms with E-state index in [4.69, 9.17) is 28.4 Å². The zero-order valence-corrected chi connectivity index (χ0v) is 30.6. The quantitative estimate of drug-likeness (QED) is 0.0455. The molecule has 3 aromatic carbocycles. The van der Waals surface area contributed by atoms with Crippen molar-refractivity contribution >= 4 is 51.8 Å². The van der Waals surface area contributed by atoms with E-state index in [0.29, 0.717) is 74.1 Å². The Balaban J connectivity index is 1.50. The molecule has 3 rings (SSSR count). The summed E-state index contributed by atoms with van der Waals surface area (Å²) in [6.07, 6.45) is 8.12. The SMILES string of the molecule is C=CC(=O)OCCCCOc1ccc(C=CC(=O)Sc2ccc(SC(=O)c3ccc(OCCCCOC(=O)C=C)c(OC)c3)cc2C)cc1OC. The summed E-state index contributed by atoms with van der Waals surface area (Å²) in [5, 5.41) is -0.322. The predicted molar refractivity (Wildman–Crippen MR) is 199 cm³/mol. The molecule has 0 aliphatic carbocycles. The van der Waals surface area contributed by atoms with Crippen LogP contribution in [-0.4, -0.2) is 62.8 Å². The highest BCUT2D eigenvalue weighted by atomic mass is 32.2. The van der Waals surface area contributed by atoms with Gasteiger partial charge in [-0.2, -0.15) is 0 Å². The lowest BCUT2D eigenvalue weighted by Crippen LogP contribution is -2.05. The van der Waals surface area contributed by atoms with Crippen molar-refractivity contribution in [2.45, 2.75) is 42.4 Å². The molecule has 51 heavy (non-hydrogen) atoms. The smallest absolute Gasteiger partial charge is 0.330 e. The molecule has 0 amide bonds. The van der Waals surface area contributed by atoms with Crippen molar-refractivity contribution in [3.05, 3.63) is 103 Å². The Hall–Kier alpha value is -4.94. The number of hydrogen-bond acceptors (Lipinski definition) is 12. The van der Waals surface area contributed by atoms with Crippen LogP contribution in [0.4, 0.5) is 0 Å². The van der Waals surface area contributed by atoms with E-state index in [2.05, 4.69) is 13.2 Å². The average Bonchev–Trinajstić information content (AvgIpc) is 3.14. The maximum absolute atomic E-state index is 13.1. The molecule has 3 aromatic rings. The van der Waals surface area contributed by atoms with Gasteiger partial charge < -0.3 is 28.4 Å². The lowest BCUT2D eigenvalue weighted by atomic mass is 10.2. The van der Waals surface area contributed by atoms with E-state index < -0.39 is 11.9 Å². The summed E-state index contributed by atoms with van der Waals surface area (Å²) < 4.78 is 32.4. The molecule has 270 valence electrons. The van der Waals surface area contributed by atoms with Crippen LogP contribution in [0.5, 0.6) is 23.0 Å². The maximum Gasteiger partial charge on any atom is 0.330 e. The highest BCUT2D eigenvalue weighted by molar-refractivity contribution is 8.14. The molecular formula is C39H42O10S2. The van der Waals surface area contributed by atoms with Gasteiger partial charge in [0.05, 0.1) is 40.6 Å². The zero-order valence-electron chi connectivity index (χ0n) is 29.0. The van der Waals surface area contributed by atoms with Gasteiger partial charge in [-0.15, -0.1) is 0 Å². The first-order valence-corrected chi connectivity index (χ1v) is 17.7. The number of hydrogen-bond donors (Lipinski definition) is 0. The summed E-state index contributed by atoms with van der Waals surface area (Å²) in [5.41, 5.74) is 2.09. The van der Waals surface area contributed by atoms with Gasteiger partial charge in [0.1, 0.15) is 0 Å². The van der Waals surface area contributed by atoms with Crippen LogP contribution in [0.25, 0.3) is 6.08 Å². The summed E-state index contributed by atoms with van der Waals surface area (Å²) in [4.78, 5) is 49.7.